The molecule has 24 heavy (non-hydrogen) atoms. The molecule has 0 aromatic rings. The fourth-order valence-corrected chi connectivity index (χ4v) is 8.19. The van der Waals surface area contributed by atoms with Crippen molar-refractivity contribution in [1.82, 2.24) is 10.2 Å². The zero-order chi connectivity index (χ0) is 16.9. The van der Waals surface area contributed by atoms with Crippen LogP contribution in [0.2, 0.25) is 0 Å². The summed E-state index contributed by atoms with van der Waals surface area (Å²) in [4.78, 5) is 14.4. The SMILES string of the molecule is CCN(C(=O)NCC12CC3CC(CC(C3)C1)C2)C1CCS(=O)(=O)C1. The third kappa shape index (κ3) is 3.06. The van der Waals surface area contributed by atoms with Crippen LogP contribution in [0.25, 0.3) is 0 Å². The Morgan fingerprint density at radius 1 is 1.12 bits per heavy atom. The summed E-state index contributed by atoms with van der Waals surface area (Å²) in [5, 5.41) is 3.19. The van der Waals surface area contributed by atoms with Gasteiger partial charge in [0.2, 0.25) is 0 Å². The van der Waals surface area contributed by atoms with Gasteiger partial charge in [-0.25, -0.2) is 13.2 Å². The van der Waals surface area contributed by atoms with Gasteiger partial charge >= 0.3 is 6.03 Å². The quantitative estimate of drug-likeness (QED) is 0.843. The zero-order valence-corrected chi connectivity index (χ0v) is 15.5. The van der Waals surface area contributed by atoms with Crippen LogP contribution >= 0.6 is 0 Å². The number of rotatable bonds is 4. The summed E-state index contributed by atoms with van der Waals surface area (Å²) >= 11 is 0. The summed E-state index contributed by atoms with van der Waals surface area (Å²) in [6.07, 6.45) is 8.66. The average molecular weight is 355 g/mol. The van der Waals surface area contributed by atoms with Crippen LogP contribution in [0.5, 0.6) is 0 Å². The molecule has 4 bridgehead atoms. The highest BCUT2D eigenvalue weighted by Crippen LogP contribution is 2.59. The lowest BCUT2D eigenvalue weighted by Gasteiger charge is -2.57. The molecule has 5 fully saturated rings. The Kier molecular flexibility index (Phi) is 4.09. The average Bonchev–Trinajstić information content (AvgIpc) is 2.84. The maximum atomic E-state index is 12.7. The Labute approximate surface area is 145 Å². The fourth-order valence-electron chi connectivity index (χ4n) is 6.46. The van der Waals surface area contributed by atoms with E-state index in [0.29, 0.717) is 18.4 Å². The van der Waals surface area contributed by atoms with Gasteiger partial charge in [0, 0.05) is 19.1 Å². The molecule has 1 unspecified atom stereocenters. The predicted octanol–water partition coefficient (Wildman–Crippen LogP) is 2.42. The van der Waals surface area contributed by atoms with Crippen molar-refractivity contribution in [2.24, 2.45) is 23.2 Å². The molecule has 4 saturated carbocycles. The second kappa shape index (κ2) is 5.89. The lowest BCUT2D eigenvalue weighted by Crippen LogP contribution is -2.54. The van der Waals surface area contributed by atoms with Crippen molar-refractivity contribution in [2.45, 2.75) is 57.9 Å². The van der Waals surface area contributed by atoms with Crippen LogP contribution in [0.15, 0.2) is 0 Å². The molecule has 0 aromatic heterocycles. The third-order valence-electron chi connectivity index (χ3n) is 7.03. The lowest BCUT2D eigenvalue weighted by molar-refractivity contribution is -0.0503. The second-order valence-corrected chi connectivity index (χ2v) is 11.1. The summed E-state index contributed by atoms with van der Waals surface area (Å²) in [6, 6.07) is -0.202. The number of nitrogens with zero attached hydrogens (tertiary/aromatic N) is 1. The number of carbonyl (C=O) groups is 1. The topological polar surface area (TPSA) is 66.5 Å². The zero-order valence-electron chi connectivity index (χ0n) is 14.7. The number of amides is 2. The largest absolute Gasteiger partial charge is 0.337 e. The van der Waals surface area contributed by atoms with Crippen molar-refractivity contribution >= 4 is 15.9 Å². The highest BCUT2D eigenvalue weighted by molar-refractivity contribution is 7.91. The number of hydrogen-bond acceptors (Lipinski definition) is 3. The fraction of sp³-hybridized carbons (Fsp3) is 0.944. The van der Waals surface area contributed by atoms with E-state index >= 15 is 0 Å². The van der Waals surface area contributed by atoms with Crippen molar-refractivity contribution in [2.75, 3.05) is 24.6 Å². The van der Waals surface area contributed by atoms with Gasteiger partial charge in [-0.15, -0.1) is 0 Å². The molecule has 1 atom stereocenters. The smallest absolute Gasteiger partial charge is 0.317 e. The first-order valence-corrected chi connectivity index (χ1v) is 11.4. The van der Waals surface area contributed by atoms with Crippen molar-refractivity contribution < 1.29 is 13.2 Å². The van der Waals surface area contributed by atoms with Gasteiger partial charge in [-0.2, -0.15) is 0 Å². The van der Waals surface area contributed by atoms with Crippen LogP contribution < -0.4 is 5.32 Å². The predicted molar refractivity (Wildman–Crippen MR) is 93.4 cm³/mol. The van der Waals surface area contributed by atoms with Gasteiger partial charge in [0.25, 0.3) is 0 Å². The molecule has 0 aromatic carbocycles. The first-order valence-electron chi connectivity index (χ1n) is 9.63. The van der Waals surface area contributed by atoms with E-state index in [0.717, 1.165) is 24.3 Å². The Morgan fingerprint density at radius 3 is 2.17 bits per heavy atom. The number of sulfone groups is 1. The van der Waals surface area contributed by atoms with Gasteiger partial charge in [0.15, 0.2) is 9.84 Å². The van der Waals surface area contributed by atoms with Crippen LogP contribution in [0.1, 0.15) is 51.9 Å². The number of hydrogen-bond donors (Lipinski definition) is 1. The Hall–Kier alpha value is -0.780. The molecule has 1 aliphatic heterocycles. The van der Waals surface area contributed by atoms with E-state index in [1.54, 1.807) is 4.90 Å². The molecule has 136 valence electrons. The summed E-state index contributed by atoms with van der Waals surface area (Å²) in [5.41, 5.74) is 0.325. The maximum absolute atomic E-state index is 12.7. The second-order valence-electron chi connectivity index (χ2n) is 8.92. The molecule has 2 amide bonds. The van der Waals surface area contributed by atoms with Gasteiger partial charge in [0.05, 0.1) is 11.5 Å². The van der Waals surface area contributed by atoms with E-state index < -0.39 is 9.84 Å². The highest BCUT2D eigenvalue weighted by Gasteiger charge is 2.51. The van der Waals surface area contributed by atoms with E-state index in [-0.39, 0.29) is 23.6 Å². The third-order valence-corrected chi connectivity index (χ3v) is 8.78. The van der Waals surface area contributed by atoms with Crippen LogP contribution in [0.4, 0.5) is 4.79 Å². The molecule has 4 aliphatic carbocycles. The summed E-state index contributed by atoms with van der Waals surface area (Å²) in [6.45, 7) is 3.30. The van der Waals surface area contributed by atoms with Gasteiger partial charge in [0.1, 0.15) is 0 Å². The van der Waals surface area contributed by atoms with E-state index in [1.807, 2.05) is 6.92 Å². The van der Waals surface area contributed by atoms with E-state index in [1.165, 1.54) is 38.5 Å². The first-order chi connectivity index (χ1) is 11.4. The lowest BCUT2D eigenvalue weighted by atomic mass is 9.49. The molecule has 6 heteroatoms. The van der Waals surface area contributed by atoms with Crippen molar-refractivity contribution in [1.29, 1.82) is 0 Å². The van der Waals surface area contributed by atoms with Crippen LogP contribution in [0, 0.1) is 23.2 Å². The highest BCUT2D eigenvalue weighted by atomic mass is 32.2. The van der Waals surface area contributed by atoms with Crippen molar-refractivity contribution in [3.63, 3.8) is 0 Å². The van der Waals surface area contributed by atoms with Gasteiger partial charge in [-0.05, 0) is 75.0 Å². The molecule has 0 radical (unpaired) electrons. The van der Waals surface area contributed by atoms with Crippen molar-refractivity contribution in [3.8, 4) is 0 Å². The minimum absolute atomic E-state index is 0.0599. The normalized spacial score (nSPS) is 42.2. The van der Waals surface area contributed by atoms with E-state index in [9.17, 15) is 13.2 Å². The molecule has 0 spiro atoms. The van der Waals surface area contributed by atoms with Crippen LogP contribution in [-0.2, 0) is 9.84 Å². The monoisotopic (exact) mass is 354 g/mol. The minimum Gasteiger partial charge on any atom is -0.337 e. The van der Waals surface area contributed by atoms with Crippen LogP contribution in [0.3, 0.4) is 0 Å². The molecule has 1 heterocycles. The van der Waals surface area contributed by atoms with Gasteiger partial charge in [-0.1, -0.05) is 0 Å². The molecule has 5 nitrogen and oxygen atoms in total. The number of urea groups is 1. The summed E-state index contributed by atoms with van der Waals surface area (Å²) in [5.74, 6) is 3.00. The van der Waals surface area contributed by atoms with Crippen molar-refractivity contribution in [3.05, 3.63) is 0 Å². The number of nitrogens with one attached hydrogen (secondary N) is 1. The molecule has 5 rings (SSSR count). The first kappa shape index (κ1) is 16.7. The van der Waals surface area contributed by atoms with Gasteiger partial charge < -0.3 is 10.2 Å². The molecule has 1 N–H and O–H groups in total. The standard InChI is InChI=1S/C18H30N2O3S/c1-2-20(16-3-4-24(22,23)11-16)17(21)19-12-18-8-13-5-14(9-18)7-15(6-13)10-18/h13-16H,2-12H2,1H3,(H,19,21). The summed E-state index contributed by atoms with van der Waals surface area (Å²) in [7, 11) is -2.96. The maximum Gasteiger partial charge on any atom is 0.317 e. The number of carbonyl (C=O) groups excluding carboxylic acids is 1. The Bertz CT molecular complexity index is 580. The molecular weight excluding hydrogens is 324 g/mol. The van der Waals surface area contributed by atoms with E-state index in [2.05, 4.69) is 5.32 Å². The van der Waals surface area contributed by atoms with Crippen LogP contribution in [-0.4, -0.2) is 50.0 Å². The molecule has 5 aliphatic rings. The minimum atomic E-state index is -2.96. The Balaban J connectivity index is 1.37. The van der Waals surface area contributed by atoms with E-state index in [4.69, 9.17) is 0 Å². The molecule has 1 saturated heterocycles. The summed E-state index contributed by atoms with van der Waals surface area (Å²) < 4.78 is 23.4. The van der Waals surface area contributed by atoms with Gasteiger partial charge in [-0.3, -0.25) is 0 Å². The Morgan fingerprint density at radius 2 is 1.71 bits per heavy atom. The molecular formula is C18H30N2O3S.